The van der Waals surface area contributed by atoms with Gasteiger partial charge in [0.25, 0.3) is 0 Å². The minimum Gasteiger partial charge on any atom is -0.508 e. The number of nitrogens with zero attached hydrogens (tertiary/aromatic N) is 2. The maximum absolute atomic E-state index is 9.95. The Labute approximate surface area is 146 Å². The first-order valence-electron chi connectivity index (χ1n) is 7.84. The Morgan fingerprint density at radius 2 is 2.12 bits per heavy atom. The highest BCUT2D eigenvalue weighted by Gasteiger charge is 2.07. The predicted molar refractivity (Wildman–Crippen MR) is 97.9 cm³/mol. The Morgan fingerprint density at radius 1 is 1.33 bits per heavy atom. The van der Waals surface area contributed by atoms with E-state index in [0.717, 1.165) is 22.8 Å². The molecule has 6 nitrogen and oxygen atoms in total. The molecule has 0 bridgehead atoms. The fourth-order valence-electron chi connectivity index (χ4n) is 2.22. The highest BCUT2D eigenvalue weighted by Crippen LogP contribution is 2.23. The number of guanidine groups is 1. The molecular formula is C17H24N4O2S. The molecule has 24 heavy (non-hydrogen) atoms. The van der Waals surface area contributed by atoms with Gasteiger partial charge in [-0.2, -0.15) is 0 Å². The average Bonchev–Trinajstić information content (AvgIpc) is 2.89. The van der Waals surface area contributed by atoms with Crippen LogP contribution >= 0.6 is 11.3 Å². The van der Waals surface area contributed by atoms with Gasteiger partial charge in [-0.05, 0) is 39.0 Å². The quantitative estimate of drug-likeness (QED) is 0.553. The summed E-state index contributed by atoms with van der Waals surface area (Å²) in [5, 5.41) is 17.5. The smallest absolute Gasteiger partial charge is 0.191 e. The Kier molecular flexibility index (Phi) is 6.43. The lowest BCUT2D eigenvalue weighted by Gasteiger charge is -2.11. The Morgan fingerprint density at radius 3 is 2.75 bits per heavy atom. The first kappa shape index (κ1) is 18.1. The van der Waals surface area contributed by atoms with Crippen molar-refractivity contribution in [1.82, 2.24) is 15.6 Å². The van der Waals surface area contributed by atoms with Gasteiger partial charge >= 0.3 is 0 Å². The van der Waals surface area contributed by atoms with E-state index < -0.39 is 0 Å². The van der Waals surface area contributed by atoms with Gasteiger partial charge < -0.3 is 20.5 Å². The molecule has 0 unspecified atom stereocenters. The molecule has 7 heteroatoms. The van der Waals surface area contributed by atoms with Crippen LogP contribution in [0.4, 0.5) is 0 Å². The molecule has 1 aromatic carbocycles. The van der Waals surface area contributed by atoms with Gasteiger partial charge in [0.2, 0.25) is 0 Å². The van der Waals surface area contributed by atoms with Crippen LogP contribution < -0.4 is 15.4 Å². The van der Waals surface area contributed by atoms with Crippen molar-refractivity contribution in [3.63, 3.8) is 0 Å². The van der Waals surface area contributed by atoms with Crippen molar-refractivity contribution < 1.29 is 9.84 Å². The maximum Gasteiger partial charge on any atom is 0.191 e. The van der Waals surface area contributed by atoms with E-state index in [9.17, 15) is 5.11 Å². The largest absolute Gasteiger partial charge is 0.508 e. The summed E-state index contributed by atoms with van der Waals surface area (Å²) in [6, 6.07) is 5.13. The van der Waals surface area contributed by atoms with E-state index in [0.29, 0.717) is 24.8 Å². The van der Waals surface area contributed by atoms with Crippen LogP contribution in [-0.2, 0) is 13.1 Å². The van der Waals surface area contributed by atoms with E-state index in [4.69, 9.17) is 4.74 Å². The van der Waals surface area contributed by atoms with Gasteiger partial charge in [0.05, 0.1) is 30.9 Å². The van der Waals surface area contributed by atoms with E-state index in [-0.39, 0.29) is 5.75 Å². The van der Waals surface area contributed by atoms with E-state index >= 15 is 0 Å². The molecule has 0 aliphatic carbocycles. The summed E-state index contributed by atoms with van der Waals surface area (Å²) in [5.41, 5.74) is 1.77. The second-order valence-electron chi connectivity index (χ2n) is 5.28. The monoisotopic (exact) mass is 348 g/mol. The van der Waals surface area contributed by atoms with Gasteiger partial charge in [0, 0.05) is 17.0 Å². The van der Waals surface area contributed by atoms with Crippen molar-refractivity contribution in [2.75, 3.05) is 13.7 Å². The van der Waals surface area contributed by atoms with Gasteiger partial charge in [-0.3, -0.25) is 0 Å². The van der Waals surface area contributed by atoms with Gasteiger partial charge in [0.1, 0.15) is 11.5 Å². The normalized spacial score (nSPS) is 11.4. The number of benzene rings is 1. The number of thiazole rings is 1. The zero-order valence-corrected chi connectivity index (χ0v) is 15.3. The molecule has 2 aromatic rings. The second-order valence-corrected chi connectivity index (χ2v) is 6.57. The predicted octanol–water partition coefficient (Wildman–Crippen LogP) is 2.73. The van der Waals surface area contributed by atoms with Gasteiger partial charge in [0.15, 0.2) is 5.96 Å². The summed E-state index contributed by atoms with van der Waals surface area (Å²) >= 11 is 1.68. The molecular weight excluding hydrogens is 324 g/mol. The standard InChI is InChI=1S/C17H24N4O2S/c1-5-18-17(20-10-16-11(2)21-12(3)24-16)19-9-13-8-14(23-4)6-7-15(13)22/h6-8,22H,5,9-10H2,1-4H3,(H2,18,19,20). The van der Waals surface area contributed by atoms with Crippen LogP contribution in [0.1, 0.15) is 28.1 Å². The van der Waals surface area contributed by atoms with Crippen LogP contribution in [0.2, 0.25) is 0 Å². The van der Waals surface area contributed by atoms with Crippen LogP contribution in [0.3, 0.4) is 0 Å². The van der Waals surface area contributed by atoms with E-state index in [1.807, 2.05) is 20.8 Å². The highest BCUT2D eigenvalue weighted by molar-refractivity contribution is 7.11. The number of ether oxygens (including phenoxy) is 1. The number of phenolic OH excluding ortho intramolecular Hbond substituents is 1. The van der Waals surface area contributed by atoms with Crippen molar-refractivity contribution in [1.29, 1.82) is 0 Å². The minimum atomic E-state index is 0.212. The summed E-state index contributed by atoms with van der Waals surface area (Å²) < 4.78 is 5.19. The molecule has 0 fully saturated rings. The third kappa shape index (κ3) is 4.86. The van der Waals surface area contributed by atoms with Gasteiger partial charge in [-0.1, -0.05) is 0 Å². The molecule has 2 rings (SSSR count). The van der Waals surface area contributed by atoms with E-state index in [2.05, 4.69) is 20.6 Å². The number of aromatic nitrogens is 1. The molecule has 0 saturated carbocycles. The number of phenols is 1. The van der Waals surface area contributed by atoms with Gasteiger partial charge in [-0.25, -0.2) is 9.98 Å². The first-order chi connectivity index (χ1) is 11.5. The second kappa shape index (κ2) is 8.54. The third-order valence-electron chi connectivity index (χ3n) is 3.45. The highest BCUT2D eigenvalue weighted by atomic mass is 32.1. The Hall–Kier alpha value is -2.28. The Bertz CT molecular complexity index is 713. The van der Waals surface area contributed by atoms with Crippen molar-refractivity contribution in [3.8, 4) is 11.5 Å². The average molecular weight is 348 g/mol. The summed E-state index contributed by atoms with van der Waals surface area (Å²) in [4.78, 5) is 10.2. The molecule has 1 heterocycles. The van der Waals surface area contributed by atoms with Crippen LogP contribution in [0.15, 0.2) is 23.2 Å². The summed E-state index contributed by atoms with van der Waals surface area (Å²) in [6.07, 6.45) is 0. The molecule has 130 valence electrons. The van der Waals surface area contributed by atoms with Crippen molar-refractivity contribution in [2.45, 2.75) is 33.9 Å². The van der Waals surface area contributed by atoms with Crippen molar-refractivity contribution >= 4 is 17.3 Å². The zero-order valence-electron chi connectivity index (χ0n) is 14.5. The number of nitrogens with one attached hydrogen (secondary N) is 2. The molecule has 0 spiro atoms. The third-order valence-corrected chi connectivity index (χ3v) is 4.53. The van der Waals surface area contributed by atoms with E-state index in [1.54, 1.807) is 36.6 Å². The van der Waals surface area contributed by atoms with E-state index in [1.165, 1.54) is 4.88 Å². The van der Waals surface area contributed by atoms with Crippen LogP contribution in [0.5, 0.6) is 11.5 Å². The summed E-state index contributed by atoms with van der Waals surface area (Å²) in [5.74, 6) is 1.61. The SMILES string of the molecule is CCNC(=NCc1cc(OC)ccc1O)NCc1sc(C)nc1C. The molecule has 0 atom stereocenters. The molecule has 0 aliphatic rings. The van der Waals surface area contributed by atoms with Crippen LogP contribution in [0, 0.1) is 13.8 Å². The lowest BCUT2D eigenvalue weighted by atomic mass is 10.2. The fraction of sp³-hybridized carbons (Fsp3) is 0.412. The number of hydrogen-bond acceptors (Lipinski definition) is 5. The number of methoxy groups -OCH3 is 1. The molecule has 1 aromatic heterocycles. The van der Waals surface area contributed by atoms with Crippen molar-refractivity contribution in [2.24, 2.45) is 4.99 Å². The lowest BCUT2D eigenvalue weighted by molar-refractivity contribution is 0.411. The van der Waals surface area contributed by atoms with Crippen molar-refractivity contribution in [3.05, 3.63) is 39.3 Å². The van der Waals surface area contributed by atoms with Gasteiger partial charge in [-0.15, -0.1) is 11.3 Å². The van der Waals surface area contributed by atoms with Crippen LogP contribution in [-0.4, -0.2) is 29.7 Å². The molecule has 0 saturated heterocycles. The topological polar surface area (TPSA) is 78.8 Å². The number of hydrogen-bond donors (Lipinski definition) is 3. The molecule has 0 radical (unpaired) electrons. The number of aryl methyl sites for hydroxylation is 2. The lowest BCUT2D eigenvalue weighted by Crippen LogP contribution is -2.36. The zero-order chi connectivity index (χ0) is 17.5. The molecule has 3 N–H and O–H groups in total. The molecule has 0 aliphatic heterocycles. The number of rotatable bonds is 6. The number of aromatic hydroxyl groups is 1. The molecule has 0 amide bonds. The minimum absolute atomic E-state index is 0.212. The summed E-state index contributed by atoms with van der Waals surface area (Å²) in [6.45, 7) is 7.83. The van der Waals surface area contributed by atoms with Crippen LogP contribution in [0.25, 0.3) is 0 Å². The number of aliphatic imine (C=N–C) groups is 1. The fourth-order valence-corrected chi connectivity index (χ4v) is 3.10. The maximum atomic E-state index is 9.95. The summed E-state index contributed by atoms with van der Waals surface area (Å²) in [7, 11) is 1.60. The first-order valence-corrected chi connectivity index (χ1v) is 8.66. The Balaban J connectivity index is 2.06.